The van der Waals surface area contributed by atoms with Crippen LogP contribution in [0.1, 0.15) is 18.4 Å². The molecule has 0 radical (unpaired) electrons. The summed E-state index contributed by atoms with van der Waals surface area (Å²) in [6, 6.07) is 11.2. The number of anilines is 1. The van der Waals surface area contributed by atoms with Crippen molar-refractivity contribution in [1.82, 2.24) is 4.90 Å². The van der Waals surface area contributed by atoms with Gasteiger partial charge in [-0.05, 0) is 42.7 Å². The second-order valence-electron chi connectivity index (χ2n) is 7.07. The van der Waals surface area contributed by atoms with Gasteiger partial charge in [0.15, 0.2) is 11.5 Å². The Labute approximate surface area is 162 Å². The highest BCUT2D eigenvalue weighted by Gasteiger charge is 2.48. The van der Waals surface area contributed by atoms with Crippen LogP contribution >= 0.6 is 0 Å². The van der Waals surface area contributed by atoms with Crippen LogP contribution in [0.2, 0.25) is 0 Å². The molecule has 8 heteroatoms. The fraction of sp³-hybridized carbons (Fsp3) is 0.350. The summed E-state index contributed by atoms with van der Waals surface area (Å²) in [5, 5.41) is 21.0. The first-order valence-electron chi connectivity index (χ1n) is 9.19. The van der Waals surface area contributed by atoms with Crippen molar-refractivity contribution in [1.29, 1.82) is 0 Å². The van der Waals surface area contributed by atoms with E-state index in [1.807, 2.05) is 6.07 Å². The fourth-order valence-corrected chi connectivity index (χ4v) is 4.18. The quantitative estimate of drug-likeness (QED) is 0.630. The van der Waals surface area contributed by atoms with E-state index in [2.05, 4.69) is 4.90 Å². The Morgan fingerprint density at radius 1 is 1.25 bits per heavy atom. The summed E-state index contributed by atoms with van der Waals surface area (Å²) in [7, 11) is 1.50. The third kappa shape index (κ3) is 3.05. The average molecular weight is 383 g/mol. The minimum Gasteiger partial charge on any atom is -0.504 e. The zero-order chi connectivity index (χ0) is 19.8. The lowest BCUT2D eigenvalue weighted by Gasteiger charge is -2.29. The summed E-state index contributed by atoms with van der Waals surface area (Å²) in [6.07, 6.45) is 2.12. The molecule has 1 amide bonds. The number of methoxy groups -OCH3 is 1. The van der Waals surface area contributed by atoms with Crippen LogP contribution < -0.4 is 9.64 Å². The average Bonchev–Trinajstić information content (AvgIpc) is 3.26. The van der Waals surface area contributed by atoms with Crippen LogP contribution in [0.15, 0.2) is 42.5 Å². The van der Waals surface area contributed by atoms with E-state index in [-0.39, 0.29) is 29.6 Å². The van der Waals surface area contributed by atoms with Gasteiger partial charge in [0.05, 0.1) is 24.2 Å². The summed E-state index contributed by atoms with van der Waals surface area (Å²) >= 11 is 0. The molecule has 2 saturated heterocycles. The zero-order valence-electron chi connectivity index (χ0n) is 15.4. The Kier molecular flexibility index (Phi) is 4.64. The standard InChI is InChI=1S/C20H21N3O5/c1-28-18-9-4-13(11-17(18)24)12-19-21-10-2-3-16(21)20(25)22(19)14-5-7-15(8-6-14)23(26)27/h4-9,11,16,19,24H,2-3,10,12H2,1H3/t16-,19+/m0/s1. The maximum atomic E-state index is 13.1. The number of aromatic hydroxyl groups is 1. The minimum atomic E-state index is -0.453. The molecular formula is C20H21N3O5. The molecule has 8 nitrogen and oxygen atoms in total. The molecule has 2 aliphatic heterocycles. The molecule has 0 spiro atoms. The van der Waals surface area contributed by atoms with Crippen molar-refractivity contribution >= 4 is 17.3 Å². The van der Waals surface area contributed by atoms with Crippen LogP contribution in [-0.2, 0) is 11.2 Å². The predicted octanol–water partition coefficient (Wildman–Crippen LogP) is 2.69. The summed E-state index contributed by atoms with van der Waals surface area (Å²) in [4.78, 5) is 27.4. The number of nitro groups is 1. The van der Waals surface area contributed by atoms with Gasteiger partial charge < -0.3 is 9.84 Å². The van der Waals surface area contributed by atoms with Gasteiger partial charge in [-0.3, -0.25) is 24.7 Å². The molecule has 146 valence electrons. The van der Waals surface area contributed by atoms with Crippen molar-refractivity contribution in [2.45, 2.75) is 31.5 Å². The molecule has 2 fully saturated rings. The number of carbonyl (C=O) groups excluding carboxylic acids is 1. The van der Waals surface area contributed by atoms with Gasteiger partial charge in [-0.1, -0.05) is 6.07 Å². The van der Waals surface area contributed by atoms with Crippen LogP contribution in [0.4, 0.5) is 11.4 Å². The van der Waals surface area contributed by atoms with E-state index >= 15 is 0 Å². The number of fused-ring (bicyclic) bond motifs is 1. The summed E-state index contributed by atoms with van der Waals surface area (Å²) < 4.78 is 5.10. The SMILES string of the molecule is COc1ccc(C[C@H]2N(c3ccc([N+](=O)[O-])cc3)C(=O)[C@@H]3CCCN32)cc1O. The molecule has 0 aromatic heterocycles. The number of benzene rings is 2. The maximum absolute atomic E-state index is 13.1. The van der Waals surface area contributed by atoms with Crippen molar-refractivity contribution in [2.24, 2.45) is 0 Å². The highest BCUT2D eigenvalue weighted by Crippen LogP contribution is 2.37. The molecule has 2 aromatic carbocycles. The number of nitrogens with zero attached hydrogens (tertiary/aromatic N) is 3. The number of hydrogen-bond acceptors (Lipinski definition) is 6. The van der Waals surface area contributed by atoms with Crippen molar-refractivity contribution in [3.05, 3.63) is 58.1 Å². The monoisotopic (exact) mass is 383 g/mol. The Hall–Kier alpha value is -3.13. The Balaban J connectivity index is 1.66. The number of nitro benzene ring substituents is 1. The lowest BCUT2D eigenvalue weighted by Crippen LogP contribution is -2.41. The Morgan fingerprint density at radius 3 is 2.64 bits per heavy atom. The number of hydrogen-bond donors (Lipinski definition) is 1. The first-order valence-corrected chi connectivity index (χ1v) is 9.19. The summed E-state index contributed by atoms with van der Waals surface area (Å²) in [5.74, 6) is 0.482. The predicted molar refractivity (Wildman–Crippen MR) is 102 cm³/mol. The van der Waals surface area contributed by atoms with Gasteiger partial charge in [-0.2, -0.15) is 0 Å². The van der Waals surface area contributed by atoms with Gasteiger partial charge >= 0.3 is 0 Å². The molecule has 0 unspecified atom stereocenters. The van der Waals surface area contributed by atoms with Crippen LogP contribution in [0.5, 0.6) is 11.5 Å². The highest BCUT2D eigenvalue weighted by atomic mass is 16.6. The van der Waals surface area contributed by atoms with Gasteiger partial charge in [-0.15, -0.1) is 0 Å². The molecule has 2 heterocycles. The topological polar surface area (TPSA) is 96.2 Å². The van der Waals surface area contributed by atoms with Crippen molar-refractivity contribution in [3.8, 4) is 11.5 Å². The fourth-order valence-electron chi connectivity index (χ4n) is 4.18. The number of carbonyl (C=O) groups is 1. The number of rotatable bonds is 5. The summed E-state index contributed by atoms with van der Waals surface area (Å²) in [5.41, 5.74) is 1.52. The normalized spacial score (nSPS) is 21.8. The van der Waals surface area contributed by atoms with Crippen molar-refractivity contribution in [3.63, 3.8) is 0 Å². The van der Waals surface area contributed by atoms with Gasteiger partial charge in [-0.25, -0.2) is 0 Å². The Bertz CT molecular complexity index is 915. The molecule has 2 aromatic rings. The second kappa shape index (κ2) is 7.12. The molecular weight excluding hydrogens is 362 g/mol. The van der Waals surface area contributed by atoms with E-state index in [9.17, 15) is 20.0 Å². The second-order valence-corrected chi connectivity index (χ2v) is 7.07. The van der Waals surface area contributed by atoms with Crippen LogP contribution in [-0.4, -0.2) is 46.7 Å². The lowest BCUT2D eigenvalue weighted by molar-refractivity contribution is -0.384. The van der Waals surface area contributed by atoms with Crippen LogP contribution in [0, 0.1) is 10.1 Å². The number of ether oxygens (including phenoxy) is 1. The van der Waals surface area contributed by atoms with Gasteiger partial charge in [0.1, 0.15) is 0 Å². The number of amides is 1. The lowest BCUT2D eigenvalue weighted by atomic mass is 10.1. The van der Waals surface area contributed by atoms with Gasteiger partial charge in [0.2, 0.25) is 5.91 Å². The van der Waals surface area contributed by atoms with Crippen molar-refractivity contribution in [2.75, 3.05) is 18.6 Å². The van der Waals surface area contributed by atoms with E-state index in [1.54, 1.807) is 29.2 Å². The molecule has 2 atom stereocenters. The van der Waals surface area contributed by atoms with Crippen LogP contribution in [0.25, 0.3) is 0 Å². The first kappa shape index (κ1) is 18.2. The maximum Gasteiger partial charge on any atom is 0.269 e. The number of phenols is 1. The van der Waals surface area contributed by atoms with E-state index in [4.69, 9.17) is 4.74 Å². The van der Waals surface area contributed by atoms with Gasteiger partial charge in [0.25, 0.3) is 5.69 Å². The number of non-ortho nitro benzene ring substituents is 1. The Morgan fingerprint density at radius 2 is 2.00 bits per heavy atom. The molecule has 4 rings (SSSR count). The van der Waals surface area contributed by atoms with Crippen LogP contribution in [0.3, 0.4) is 0 Å². The van der Waals surface area contributed by atoms with E-state index < -0.39 is 4.92 Å². The largest absolute Gasteiger partial charge is 0.504 e. The third-order valence-corrected chi connectivity index (χ3v) is 5.50. The summed E-state index contributed by atoms with van der Waals surface area (Å²) in [6.45, 7) is 0.826. The zero-order valence-corrected chi connectivity index (χ0v) is 15.4. The molecule has 0 bridgehead atoms. The highest BCUT2D eigenvalue weighted by molar-refractivity contribution is 6.00. The molecule has 1 N–H and O–H groups in total. The van der Waals surface area contributed by atoms with Gasteiger partial charge in [0, 0.05) is 30.8 Å². The van der Waals surface area contributed by atoms with E-state index in [1.165, 1.54) is 19.2 Å². The first-order chi connectivity index (χ1) is 13.5. The smallest absolute Gasteiger partial charge is 0.269 e. The molecule has 0 aliphatic carbocycles. The number of phenolic OH excluding ortho intramolecular Hbond substituents is 1. The molecule has 28 heavy (non-hydrogen) atoms. The molecule has 0 saturated carbocycles. The third-order valence-electron chi connectivity index (χ3n) is 5.50. The van der Waals surface area contributed by atoms with E-state index in [0.29, 0.717) is 17.9 Å². The van der Waals surface area contributed by atoms with Crippen molar-refractivity contribution < 1.29 is 19.6 Å². The van der Waals surface area contributed by atoms with E-state index in [0.717, 1.165) is 24.9 Å². The minimum absolute atomic E-state index is 0.00692. The molecule has 2 aliphatic rings.